The molecule has 0 atom stereocenters. The summed E-state index contributed by atoms with van der Waals surface area (Å²) in [6.45, 7) is 0. The molecule has 2 nitrogen and oxygen atoms in total. The number of hydrogen-bond donors (Lipinski definition) is 1. The number of anilines is 2. The first-order valence-corrected chi connectivity index (χ1v) is 12.2. The van der Waals surface area contributed by atoms with Gasteiger partial charge in [0.2, 0.25) is 0 Å². The van der Waals surface area contributed by atoms with Crippen molar-refractivity contribution in [1.29, 1.82) is 0 Å². The Morgan fingerprint density at radius 1 is 0.444 bits per heavy atom. The van der Waals surface area contributed by atoms with Crippen LogP contribution in [-0.2, 0) is 0 Å². The highest BCUT2D eigenvalue weighted by Crippen LogP contribution is 2.38. The molecule has 0 aliphatic carbocycles. The third kappa shape index (κ3) is 3.52. The van der Waals surface area contributed by atoms with E-state index in [0.717, 1.165) is 44.4 Å². The van der Waals surface area contributed by atoms with Crippen molar-refractivity contribution >= 4 is 44.1 Å². The van der Waals surface area contributed by atoms with E-state index in [1.165, 1.54) is 21.9 Å². The zero-order valence-corrected chi connectivity index (χ0v) is 19.6. The van der Waals surface area contributed by atoms with E-state index in [1.807, 2.05) is 12.1 Å². The van der Waals surface area contributed by atoms with Crippen molar-refractivity contribution in [3.8, 4) is 22.3 Å². The number of hydrogen-bond acceptors (Lipinski definition) is 2. The van der Waals surface area contributed by atoms with E-state index in [-0.39, 0.29) is 0 Å². The summed E-state index contributed by atoms with van der Waals surface area (Å²) in [7, 11) is 0. The number of para-hydroxylation sites is 2. The smallest absolute Gasteiger partial charge is 0.135 e. The van der Waals surface area contributed by atoms with E-state index < -0.39 is 0 Å². The summed E-state index contributed by atoms with van der Waals surface area (Å²) in [5.74, 6) is 0. The summed E-state index contributed by atoms with van der Waals surface area (Å²) in [6.07, 6.45) is 0. The van der Waals surface area contributed by atoms with Crippen LogP contribution < -0.4 is 5.32 Å². The average molecular weight is 462 g/mol. The fourth-order valence-corrected chi connectivity index (χ4v) is 5.13. The fourth-order valence-electron chi connectivity index (χ4n) is 5.13. The van der Waals surface area contributed by atoms with Gasteiger partial charge in [0, 0.05) is 27.7 Å². The van der Waals surface area contributed by atoms with Gasteiger partial charge in [-0.2, -0.15) is 0 Å². The van der Waals surface area contributed by atoms with Crippen molar-refractivity contribution in [2.75, 3.05) is 5.32 Å². The maximum Gasteiger partial charge on any atom is 0.135 e. The Balaban J connectivity index is 1.35. The lowest BCUT2D eigenvalue weighted by Gasteiger charge is -2.15. The fraction of sp³-hybridized carbons (Fsp3) is 0. The van der Waals surface area contributed by atoms with Crippen molar-refractivity contribution in [2.45, 2.75) is 0 Å². The first-order valence-electron chi connectivity index (χ1n) is 12.2. The lowest BCUT2D eigenvalue weighted by Crippen LogP contribution is -1.94. The molecule has 0 amide bonds. The first kappa shape index (κ1) is 20.5. The molecule has 1 aromatic heterocycles. The molecule has 0 spiro atoms. The molecule has 1 N–H and O–H groups in total. The zero-order chi connectivity index (χ0) is 23.9. The molecule has 0 aliphatic rings. The lowest BCUT2D eigenvalue weighted by molar-refractivity contribution is 0.669. The Kier molecular flexibility index (Phi) is 4.82. The summed E-state index contributed by atoms with van der Waals surface area (Å²) in [6, 6.07) is 46.8. The molecule has 0 radical (unpaired) electrons. The Morgan fingerprint density at radius 3 is 2.08 bits per heavy atom. The van der Waals surface area contributed by atoms with Gasteiger partial charge in [0.15, 0.2) is 0 Å². The van der Waals surface area contributed by atoms with Crippen molar-refractivity contribution in [2.24, 2.45) is 0 Å². The Hall–Kier alpha value is -4.82. The van der Waals surface area contributed by atoms with Crippen LogP contribution in [0.2, 0.25) is 0 Å². The molecule has 7 rings (SSSR count). The van der Waals surface area contributed by atoms with E-state index in [1.54, 1.807) is 0 Å². The number of rotatable bonds is 4. The van der Waals surface area contributed by atoms with Crippen molar-refractivity contribution < 1.29 is 4.42 Å². The molecule has 1 heterocycles. The van der Waals surface area contributed by atoms with Gasteiger partial charge in [0.05, 0.1) is 0 Å². The third-order valence-electron chi connectivity index (χ3n) is 6.84. The Bertz CT molecular complexity index is 1860. The van der Waals surface area contributed by atoms with Crippen LogP contribution in [0, 0.1) is 0 Å². The minimum absolute atomic E-state index is 0.910. The summed E-state index contributed by atoms with van der Waals surface area (Å²) >= 11 is 0. The highest BCUT2D eigenvalue weighted by Gasteiger charge is 2.12. The molecule has 36 heavy (non-hydrogen) atoms. The van der Waals surface area contributed by atoms with Gasteiger partial charge < -0.3 is 9.73 Å². The molecule has 0 unspecified atom stereocenters. The van der Waals surface area contributed by atoms with Crippen LogP contribution >= 0.6 is 0 Å². The highest BCUT2D eigenvalue weighted by atomic mass is 16.3. The molecular weight excluding hydrogens is 438 g/mol. The predicted molar refractivity (Wildman–Crippen MR) is 152 cm³/mol. The van der Waals surface area contributed by atoms with Crippen LogP contribution in [0.4, 0.5) is 11.4 Å². The minimum atomic E-state index is 0.910. The van der Waals surface area contributed by atoms with E-state index in [0.29, 0.717) is 0 Å². The lowest BCUT2D eigenvalue weighted by atomic mass is 9.97. The number of fused-ring (bicyclic) bond motifs is 4. The molecule has 0 saturated carbocycles. The van der Waals surface area contributed by atoms with Gasteiger partial charge in [-0.1, -0.05) is 97.1 Å². The molecule has 0 bridgehead atoms. The van der Waals surface area contributed by atoms with Gasteiger partial charge in [0.1, 0.15) is 11.2 Å². The topological polar surface area (TPSA) is 25.2 Å². The molecule has 6 aromatic carbocycles. The van der Waals surface area contributed by atoms with E-state index >= 15 is 0 Å². The minimum Gasteiger partial charge on any atom is -0.456 e. The number of furan rings is 1. The summed E-state index contributed by atoms with van der Waals surface area (Å²) < 4.78 is 6.05. The quantitative estimate of drug-likeness (QED) is 0.282. The average Bonchev–Trinajstić information content (AvgIpc) is 3.31. The largest absolute Gasteiger partial charge is 0.456 e. The summed E-state index contributed by atoms with van der Waals surface area (Å²) in [5.41, 5.74) is 8.70. The zero-order valence-electron chi connectivity index (χ0n) is 19.6. The maximum atomic E-state index is 6.05. The molecule has 2 heteroatoms. The van der Waals surface area contributed by atoms with Gasteiger partial charge in [-0.15, -0.1) is 0 Å². The Labute approximate surface area is 209 Å². The van der Waals surface area contributed by atoms with E-state index in [9.17, 15) is 0 Å². The van der Waals surface area contributed by atoms with Crippen LogP contribution in [-0.4, -0.2) is 0 Å². The summed E-state index contributed by atoms with van der Waals surface area (Å²) in [5, 5.41) is 8.47. The normalized spacial score (nSPS) is 11.3. The van der Waals surface area contributed by atoms with Crippen molar-refractivity contribution in [1.82, 2.24) is 0 Å². The molecule has 0 saturated heterocycles. The SMILES string of the molecule is c1ccc(-c2cc(Nc3ccccc3-c3ccc4oc5ccccc5c4c3)cc3ccccc23)cc1. The van der Waals surface area contributed by atoms with Crippen LogP contribution in [0.5, 0.6) is 0 Å². The van der Waals surface area contributed by atoms with Crippen molar-refractivity contribution in [3.05, 3.63) is 133 Å². The predicted octanol–water partition coefficient (Wildman–Crippen LogP) is 9.82. The molecule has 7 aromatic rings. The second kappa shape index (κ2) is 8.44. The second-order valence-corrected chi connectivity index (χ2v) is 9.09. The molecule has 0 fully saturated rings. The number of benzene rings is 6. The molecular formula is C34H23NO. The summed E-state index contributed by atoms with van der Waals surface area (Å²) in [4.78, 5) is 0. The van der Waals surface area contributed by atoms with Crippen LogP contribution in [0.15, 0.2) is 138 Å². The highest BCUT2D eigenvalue weighted by molar-refractivity contribution is 6.07. The third-order valence-corrected chi connectivity index (χ3v) is 6.84. The monoisotopic (exact) mass is 461 g/mol. The maximum absolute atomic E-state index is 6.05. The van der Waals surface area contributed by atoms with Crippen molar-refractivity contribution in [3.63, 3.8) is 0 Å². The molecule has 170 valence electrons. The van der Waals surface area contributed by atoms with Crippen LogP contribution in [0.25, 0.3) is 55.0 Å². The Morgan fingerprint density at radius 2 is 1.17 bits per heavy atom. The molecule has 0 aliphatic heterocycles. The van der Waals surface area contributed by atoms with Gasteiger partial charge in [-0.05, 0) is 63.9 Å². The van der Waals surface area contributed by atoms with Gasteiger partial charge in [-0.25, -0.2) is 0 Å². The van der Waals surface area contributed by atoms with Gasteiger partial charge in [0.25, 0.3) is 0 Å². The number of nitrogens with one attached hydrogen (secondary N) is 1. The van der Waals surface area contributed by atoms with E-state index in [2.05, 4.69) is 127 Å². The van der Waals surface area contributed by atoms with Gasteiger partial charge >= 0.3 is 0 Å². The second-order valence-electron chi connectivity index (χ2n) is 9.09. The van der Waals surface area contributed by atoms with E-state index in [4.69, 9.17) is 4.42 Å². The van der Waals surface area contributed by atoms with Gasteiger partial charge in [-0.3, -0.25) is 0 Å². The van der Waals surface area contributed by atoms with Crippen LogP contribution in [0.1, 0.15) is 0 Å². The standard InChI is InChI=1S/C34H23NO/c1-2-10-23(11-3-1)30-22-26(20-24-12-4-5-13-27(24)30)35-32-16-8-6-14-28(32)25-18-19-34-31(21-25)29-15-7-9-17-33(29)36-34/h1-22,35H. The van der Waals surface area contributed by atoms with Crippen LogP contribution in [0.3, 0.4) is 0 Å². The first-order chi connectivity index (χ1) is 17.8.